The minimum Gasteiger partial charge on any atom is -0.508 e. The van der Waals surface area contributed by atoms with Crippen molar-refractivity contribution < 1.29 is 9.90 Å². The molecule has 1 fully saturated rings. The van der Waals surface area contributed by atoms with Crippen molar-refractivity contribution in [3.05, 3.63) is 29.8 Å². The van der Waals surface area contributed by atoms with E-state index in [1.165, 1.54) is 12.8 Å². The van der Waals surface area contributed by atoms with Gasteiger partial charge in [-0.05, 0) is 32.4 Å². The molecule has 0 radical (unpaired) electrons. The van der Waals surface area contributed by atoms with Crippen LogP contribution in [0.2, 0.25) is 0 Å². The Morgan fingerprint density at radius 1 is 1.40 bits per heavy atom. The van der Waals surface area contributed by atoms with Gasteiger partial charge in [0.25, 0.3) is 0 Å². The molecule has 20 heavy (non-hydrogen) atoms. The summed E-state index contributed by atoms with van der Waals surface area (Å²) in [6.45, 7) is 4.54. The van der Waals surface area contributed by atoms with E-state index in [9.17, 15) is 9.90 Å². The van der Waals surface area contributed by atoms with Gasteiger partial charge in [-0.2, -0.15) is 0 Å². The summed E-state index contributed by atoms with van der Waals surface area (Å²) in [5, 5.41) is 13.2. The van der Waals surface area contributed by atoms with Crippen molar-refractivity contribution in [2.75, 3.05) is 19.6 Å². The zero-order chi connectivity index (χ0) is 14.4. The molecule has 0 aromatic heterocycles. The molecule has 4 heteroatoms. The van der Waals surface area contributed by atoms with Crippen molar-refractivity contribution in [2.24, 2.45) is 0 Å². The summed E-state index contributed by atoms with van der Waals surface area (Å²) in [4.78, 5) is 14.2. The van der Waals surface area contributed by atoms with Crippen LogP contribution in [0.15, 0.2) is 24.3 Å². The fourth-order valence-corrected chi connectivity index (χ4v) is 2.69. The fraction of sp³-hybridized carbons (Fsp3) is 0.562. The first-order valence-corrected chi connectivity index (χ1v) is 7.48. The molecule has 1 saturated heterocycles. The van der Waals surface area contributed by atoms with E-state index < -0.39 is 0 Å². The molecule has 0 bridgehead atoms. The number of carbonyl (C=O) groups is 1. The van der Waals surface area contributed by atoms with E-state index in [2.05, 4.69) is 5.32 Å². The van der Waals surface area contributed by atoms with Crippen LogP contribution in [0.25, 0.3) is 0 Å². The van der Waals surface area contributed by atoms with E-state index in [0.29, 0.717) is 18.2 Å². The number of phenolic OH excluding ortho intramolecular Hbond substituents is 1. The fourth-order valence-electron chi connectivity index (χ4n) is 2.69. The van der Waals surface area contributed by atoms with Crippen LogP contribution >= 0.6 is 0 Å². The maximum atomic E-state index is 12.4. The van der Waals surface area contributed by atoms with Crippen LogP contribution < -0.4 is 5.32 Å². The summed E-state index contributed by atoms with van der Waals surface area (Å²) in [7, 11) is 0. The van der Waals surface area contributed by atoms with Crippen molar-refractivity contribution >= 4 is 5.91 Å². The number of aromatic hydroxyl groups is 1. The van der Waals surface area contributed by atoms with Crippen LogP contribution in [0, 0.1) is 0 Å². The Labute approximate surface area is 120 Å². The van der Waals surface area contributed by atoms with E-state index in [-0.39, 0.29) is 18.1 Å². The first-order chi connectivity index (χ1) is 9.70. The normalized spacial score (nSPS) is 18.8. The van der Waals surface area contributed by atoms with E-state index in [1.807, 2.05) is 17.9 Å². The number of nitrogens with zero attached hydrogens (tertiary/aromatic N) is 1. The Bertz CT molecular complexity index is 442. The lowest BCUT2D eigenvalue weighted by Gasteiger charge is -2.30. The Balaban J connectivity index is 1.93. The van der Waals surface area contributed by atoms with Gasteiger partial charge < -0.3 is 15.3 Å². The minimum atomic E-state index is 0.0846. The molecule has 1 aromatic rings. The highest BCUT2D eigenvalue weighted by molar-refractivity contribution is 5.79. The monoisotopic (exact) mass is 276 g/mol. The average Bonchev–Trinajstić information content (AvgIpc) is 2.48. The Morgan fingerprint density at radius 3 is 2.85 bits per heavy atom. The number of nitrogens with one attached hydrogen (secondary N) is 1. The smallest absolute Gasteiger partial charge is 0.227 e. The second kappa shape index (κ2) is 7.29. The number of phenols is 1. The number of amides is 1. The number of likely N-dealkylation sites (N-methyl/N-ethyl adjacent to an activating group) is 1. The quantitative estimate of drug-likeness (QED) is 0.864. The maximum Gasteiger partial charge on any atom is 0.227 e. The summed E-state index contributed by atoms with van der Waals surface area (Å²) < 4.78 is 0. The third kappa shape index (κ3) is 3.97. The predicted octanol–water partition coefficient (Wildman–Crippen LogP) is 1.93. The van der Waals surface area contributed by atoms with Crippen LogP contribution in [-0.4, -0.2) is 41.6 Å². The summed E-state index contributed by atoms with van der Waals surface area (Å²) in [6.07, 6.45) is 3.88. The zero-order valence-electron chi connectivity index (χ0n) is 12.1. The summed E-state index contributed by atoms with van der Waals surface area (Å²) in [5.41, 5.74) is 0.701. The molecule has 0 spiro atoms. The first-order valence-electron chi connectivity index (χ1n) is 7.48. The SMILES string of the molecule is CCN(CC1CCCCN1)C(=O)Cc1ccccc1O. The first kappa shape index (κ1) is 14.9. The molecule has 0 aliphatic carbocycles. The van der Waals surface area contributed by atoms with Gasteiger partial charge in [0.1, 0.15) is 5.75 Å². The highest BCUT2D eigenvalue weighted by atomic mass is 16.3. The number of piperidine rings is 1. The van der Waals surface area contributed by atoms with Crippen molar-refractivity contribution in [1.82, 2.24) is 10.2 Å². The molecule has 1 heterocycles. The van der Waals surface area contributed by atoms with E-state index in [0.717, 1.165) is 19.5 Å². The molecule has 1 atom stereocenters. The molecule has 4 nitrogen and oxygen atoms in total. The minimum absolute atomic E-state index is 0.0846. The summed E-state index contributed by atoms with van der Waals surface area (Å²) in [6, 6.07) is 7.47. The van der Waals surface area contributed by atoms with Crippen molar-refractivity contribution in [3.63, 3.8) is 0 Å². The Kier molecular flexibility index (Phi) is 5.41. The Morgan fingerprint density at radius 2 is 2.20 bits per heavy atom. The highest BCUT2D eigenvalue weighted by Crippen LogP contribution is 2.17. The predicted molar refractivity (Wildman–Crippen MR) is 79.7 cm³/mol. The Hall–Kier alpha value is -1.55. The third-order valence-corrected chi connectivity index (χ3v) is 3.92. The van der Waals surface area contributed by atoms with Crippen LogP contribution in [0.4, 0.5) is 0 Å². The average molecular weight is 276 g/mol. The second-order valence-corrected chi connectivity index (χ2v) is 5.38. The van der Waals surface area contributed by atoms with Gasteiger partial charge in [-0.3, -0.25) is 4.79 Å². The molecular formula is C16H24N2O2. The summed E-state index contributed by atoms with van der Waals surface area (Å²) >= 11 is 0. The molecule has 110 valence electrons. The van der Waals surface area contributed by atoms with Gasteiger partial charge >= 0.3 is 0 Å². The molecule has 2 rings (SSSR count). The van der Waals surface area contributed by atoms with Gasteiger partial charge in [0.2, 0.25) is 5.91 Å². The molecule has 1 aliphatic rings. The zero-order valence-corrected chi connectivity index (χ0v) is 12.1. The highest BCUT2D eigenvalue weighted by Gasteiger charge is 2.20. The van der Waals surface area contributed by atoms with Crippen LogP contribution in [0.1, 0.15) is 31.7 Å². The topological polar surface area (TPSA) is 52.6 Å². The molecular weight excluding hydrogens is 252 g/mol. The van der Waals surface area contributed by atoms with E-state index >= 15 is 0 Å². The van der Waals surface area contributed by atoms with Crippen LogP contribution in [0.3, 0.4) is 0 Å². The van der Waals surface area contributed by atoms with Crippen molar-refractivity contribution in [3.8, 4) is 5.75 Å². The van der Waals surface area contributed by atoms with Crippen LogP contribution in [-0.2, 0) is 11.2 Å². The lowest BCUT2D eigenvalue weighted by Crippen LogP contribution is -2.46. The molecule has 2 N–H and O–H groups in total. The number of hydrogen-bond acceptors (Lipinski definition) is 3. The molecule has 1 aromatic carbocycles. The van der Waals surface area contributed by atoms with Gasteiger partial charge in [-0.25, -0.2) is 0 Å². The van der Waals surface area contributed by atoms with Crippen molar-refractivity contribution in [1.29, 1.82) is 0 Å². The molecule has 1 unspecified atom stereocenters. The third-order valence-electron chi connectivity index (χ3n) is 3.92. The van der Waals surface area contributed by atoms with Gasteiger partial charge in [0.15, 0.2) is 0 Å². The van der Waals surface area contributed by atoms with Crippen LogP contribution in [0.5, 0.6) is 5.75 Å². The number of hydrogen-bond donors (Lipinski definition) is 2. The summed E-state index contributed by atoms with van der Waals surface area (Å²) in [5.74, 6) is 0.286. The van der Waals surface area contributed by atoms with Gasteiger partial charge in [0.05, 0.1) is 6.42 Å². The van der Waals surface area contributed by atoms with E-state index in [4.69, 9.17) is 0 Å². The number of benzene rings is 1. The number of carbonyl (C=O) groups excluding carboxylic acids is 1. The molecule has 1 aliphatic heterocycles. The second-order valence-electron chi connectivity index (χ2n) is 5.38. The van der Waals surface area contributed by atoms with Gasteiger partial charge in [-0.15, -0.1) is 0 Å². The van der Waals surface area contributed by atoms with Gasteiger partial charge in [0, 0.05) is 24.7 Å². The van der Waals surface area contributed by atoms with E-state index in [1.54, 1.807) is 18.2 Å². The lowest BCUT2D eigenvalue weighted by molar-refractivity contribution is -0.130. The van der Waals surface area contributed by atoms with Gasteiger partial charge in [-0.1, -0.05) is 24.6 Å². The maximum absolute atomic E-state index is 12.4. The lowest BCUT2D eigenvalue weighted by atomic mass is 10.0. The molecule has 1 amide bonds. The number of rotatable bonds is 5. The van der Waals surface area contributed by atoms with Crippen molar-refractivity contribution in [2.45, 2.75) is 38.6 Å². The largest absolute Gasteiger partial charge is 0.508 e. The number of para-hydroxylation sites is 1. The molecule has 0 saturated carbocycles. The standard InChI is InChI=1S/C16H24N2O2/c1-2-18(12-14-8-5-6-10-17-14)16(20)11-13-7-3-4-9-15(13)19/h3-4,7,9,14,17,19H,2,5-6,8,10-12H2,1H3.